The van der Waals surface area contributed by atoms with Crippen molar-refractivity contribution in [2.75, 3.05) is 13.6 Å². The van der Waals surface area contributed by atoms with Crippen molar-refractivity contribution in [1.29, 1.82) is 0 Å². The lowest BCUT2D eigenvalue weighted by atomic mass is 9.92. The molecule has 0 aliphatic carbocycles. The summed E-state index contributed by atoms with van der Waals surface area (Å²) < 4.78 is 0. The SMILES string of the molecule is CC.CC(C)N(C)CCC(C)(C)C. The van der Waals surface area contributed by atoms with Gasteiger partial charge in [0.1, 0.15) is 0 Å². The third-order valence-corrected chi connectivity index (χ3v) is 2.10. The topological polar surface area (TPSA) is 3.24 Å². The standard InChI is InChI=1S/C10H23N.C2H6/c1-9(2)11(6)8-7-10(3,4)5;1-2/h9H,7-8H2,1-6H3;1-2H3. The van der Waals surface area contributed by atoms with E-state index in [-0.39, 0.29) is 0 Å². The summed E-state index contributed by atoms with van der Waals surface area (Å²) in [5.74, 6) is 0. The van der Waals surface area contributed by atoms with Crippen molar-refractivity contribution in [3.8, 4) is 0 Å². The quantitative estimate of drug-likeness (QED) is 0.650. The molecule has 0 bridgehead atoms. The van der Waals surface area contributed by atoms with Gasteiger partial charge in [0.15, 0.2) is 0 Å². The molecule has 0 rings (SSSR count). The van der Waals surface area contributed by atoms with Crippen molar-refractivity contribution >= 4 is 0 Å². The van der Waals surface area contributed by atoms with Crippen LogP contribution in [0.4, 0.5) is 0 Å². The van der Waals surface area contributed by atoms with E-state index in [0.717, 1.165) is 0 Å². The van der Waals surface area contributed by atoms with E-state index in [0.29, 0.717) is 11.5 Å². The smallest absolute Gasteiger partial charge is 0.00355 e. The Kier molecular flexibility index (Phi) is 8.75. The van der Waals surface area contributed by atoms with Gasteiger partial charge in [0.2, 0.25) is 0 Å². The minimum Gasteiger partial charge on any atom is -0.304 e. The lowest BCUT2D eigenvalue weighted by Gasteiger charge is -2.26. The molecule has 0 aromatic heterocycles. The average Bonchev–Trinajstić information content (AvgIpc) is 2.02. The van der Waals surface area contributed by atoms with E-state index in [1.54, 1.807) is 0 Å². The first-order valence-electron chi connectivity index (χ1n) is 5.53. The number of hydrogen-bond donors (Lipinski definition) is 0. The van der Waals surface area contributed by atoms with Crippen molar-refractivity contribution in [1.82, 2.24) is 4.90 Å². The van der Waals surface area contributed by atoms with Crippen LogP contribution >= 0.6 is 0 Å². The predicted molar refractivity (Wildman–Crippen MR) is 63.2 cm³/mol. The molecule has 13 heavy (non-hydrogen) atoms. The minimum atomic E-state index is 0.475. The number of rotatable bonds is 3. The van der Waals surface area contributed by atoms with Gasteiger partial charge in [-0.15, -0.1) is 0 Å². The fourth-order valence-electron chi connectivity index (χ4n) is 0.770. The summed E-state index contributed by atoms with van der Waals surface area (Å²) in [5.41, 5.74) is 0.475. The first-order chi connectivity index (χ1) is 5.83. The Morgan fingerprint density at radius 3 is 1.69 bits per heavy atom. The highest BCUT2D eigenvalue weighted by Crippen LogP contribution is 2.18. The van der Waals surface area contributed by atoms with Gasteiger partial charge in [-0.2, -0.15) is 0 Å². The largest absolute Gasteiger partial charge is 0.304 e. The van der Waals surface area contributed by atoms with Crippen LogP contribution in [0.15, 0.2) is 0 Å². The molecule has 0 amide bonds. The van der Waals surface area contributed by atoms with Crippen LogP contribution in [-0.4, -0.2) is 24.5 Å². The first-order valence-corrected chi connectivity index (χ1v) is 5.53. The Morgan fingerprint density at radius 1 is 1.08 bits per heavy atom. The maximum absolute atomic E-state index is 2.39. The maximum Gasteiger partial charge on any atom is 0.00355 e. The number of hydrogen-bond acceptors (Lipinski definition) is 1. The van der Waals surface area contributed by atoms with Gasteiger partial charge in [0.25, 0.3) is 0 Å². The zero-order valence-electron chi connectivity index (χ0n) is 10.9. The molecule has 0 saturated heterocycles. The van der Waals surface area contributed by atoms with Gasteiger partial charge in [0.05, 0.1) is 0 Å². The van der Waals surface area contributed by atoms with E-state index in [9.17, 15) is 0 Å². The lowest BCUT2D eigenvalue weighted by Crippen LogP contribution is -2.29. The molecule has 0 radical (unpaired) electrons. The molecule has 0 aliphatic heterocycles. The van der Waals surface area contributed by atoms with E-state index in [1.807, 2.05) is 13.8 Å². The molecule has 1 nitrogen and oxygen atoms in total. The molecule has 0 N–H and O–H groups in total. The third kappa shape index (κ3) is 12.0. The van der Waals surface area contributed by atoms with E-state index >= 15 is 0 Å². The van der Waals surface area contributed by atoms with Gasteiger partial charge < -0.3 is 4.90 Å². The van der Waals surface area contributed by atoms with Gasteiger partial charge in [-0.3, -0.25) is 0 Å². The van der Waals surface area contributed by atoms with Gasteiger partial charge in [-0.25, -0.2) is 0 Å². The zero-order valence-corrected chi connectivity index (χ0v) is 10.9. The first kappa shape index (κ1) is 15.4. The Hall–Kier alpha value is -0.0400. The van der Waals surface area contributed by atoms with Gasteiger partial charge >= 0.3 is 0 Å². The molecule has 1 heteroatoms. The van der Waals surface area contributed by atoms with E-state index in [1.165, 1.54) is 13.0 Å². The lowest BCUT2D eigenvalue weighted by molar-refractivity contribution is 0.227. The van der Waals surface area contributed by atoms with Crippen LogP contribution in [0.3, 0.4) is 0 Å². The summed E-state index contributed by atoms with van der Waals surface area (Å²) in [7, 11) is 2.19. The molecule has 0 saturated carbocycles. The highest BCUT2D eigenvalue weighted by Gasteiger charge is 2.12. The summed E-state index contributed by atoms with van der Waals surface area (Å²) in [6.07, 6.45) is 1.28. The summed E-state index contributed by atoms with van der Waals surface area (Å²) in [6.45, 7) is 16.6. The van der Waals surface area contributed by atoms with Crippen LogP contribution in [0.1, 0.15) is 54.9 Å². The fraction of sp³-hybridized carbons (Fsp3) is 1.00. The van der Waals surface area contributed by atoms with Gasteiger partial charge in [-0.05, 0) is 39.3 Å². The molecule has 0 atom stereocenters. The second kappa shape index (κ2) is 7.37. The van der Waals surface area contributed by atoms with Crippen molar-refractivity contribution in [2.45, 2.75) is 60.9 Å². The molecule has 0 unspecified atom stereocenters. The van der Waals surface area contributed by atoms with E-state index in [2.05, 4.69) is 46.6 Å². The van der Waals surface area contributed by atoms with Crippen molar-refractivity contribution in [2.24, 2.45) is 5.41 Å². The summed E-state index contributed by atoms with van der Waals surface area (Å²) >= 11 is 0. The molecular formula is C12H29N. The molecular weight excluding hydrogens is 158 g/mol. The zero-order chi connectivity index (χ0) is 11.1. The van der Waals surface area contributed by atoms with Crippen LogP contribution < -0.4 is 0 Å². The Balaban J connectivity index is 0. The average molecular weight is 187 g/mol. The van der Waals surface area contributed by atoms with Crippen molar-refractivity contribution in [3.05, 3.63) is 0 Å². The third-order valence-electron chi connectivity index (χ3n) is 2.10. The molecule has 0 aromatic carbocycles. The fourth-order valence-corrected chi connectivity index (χ4v) is 0.770. The van der Waals surface area contributed by atoms with Gasteiger partial charge in [-0.1, -0.05) is 34.6 Å². The molecule has 82 valence electrons. The van der Waals surface area contributed by atoms with Crippen LogP contribution in [0.5, 0.6) is 0 Å². The van der Waals surface area contributed by atoms with Crippen molar-refractivity contribution < 1.29 is 0 Å². The molecule has 0 heterocycles. The molecule has 0 aliphatic rings. The number of nitrogens with zero attached hydrogens (tertiary/aromatic N) is 1. The molecule has 0 fully saturated rings. The van der Waals surface area contributed by atoms with E-state index < -0.39 is 0 Å². The Bertz CT molecular complexity index is 100. The van der Waals surface area contributed by atoms with Crippen LogP contribution in [0.25, 0.3) is 0 Å². The predicted octanol–water partition coefficient (Wildman–Crippen LogP) is 3.79. The second-order valence-electron chi connectivity index (χ2n) is 4.89. The molecule has 0 spiro atoms. The minimum absolute atomic E-state index is 0.475. The summed E-state index contributed by atoms with van der Waals surface area (Å²) in [5, 5.41) is 0. The highest BCUT2D eigenvalue weighted by molar-refractivity contribution is 4.65. The highest BCUT2D eigenvalue weighted by atomic mass is 15.1. The maximum atomic E-state index is 2.39. The molecule has 0 aromatic rings. The monoisotopic (exact) mass is 187 g/mol. The van der Waals surface area contributed by atoms with E-state index in [4.69, 9.17) is 0 Å². The Morgan fingerprint density at radius 2 is 1.46 bits per heavy atom. The van der Waals surface area contributed by atoms with Crippen LogP contribution in [0.2, 0.25) is 0 Å². The summed E-state index contributed by atoms with van der Waals surface area (Å²) in [4.78, 5) is 2.39. The van der Waals surface area contributed by atoms with Crippen LogP contribution in [0, 0.1) is 5.41 Å². The Labute approximate surface area is 85.5 Å². The van der Waals surface area contributed by atoms with Gasteiger partial charge in [0, 0.05) is 6.04 Å². The summed E-state index contributed by atoms with van der Waals surface area (Å²) in [6, 6.07) is 0.678. The van der Waals surface area contributed by atoms with Crippen LogP contribution in [-0.2, 0) is 0 Å². The normalized spacial score (nSPS) is 11.5. The second-order valence-corrected chi connectivity index (χ2v) is 4.89. The van der Waals surface area contributed by atoms with Crippen molar-refractivity contribution in [3.63, 3.8) is 0 Å².